The predicted octanol–water partition coefficient (Wildman–Crippen LogP) is 4.54. The van der Waals surface area contributed by atoms with Gasteiger partial charge in [0.1, 0.15) is 11.8 Å². The maximum absolute atomic E-state index is 15.2. The average molecular weight is 710 g/mol. The first-order valence-corrected chi connectivity index (χ1v) is 18.9. The predicted molar refractivity (Wildman–Crippen MR) is 180 cm³/mol. The fourth-order valence-electron chi connectivity index (χ4n) is 7.51. The van der Waals surface area contributed by atoms with E-state index >= 15 is 8.78 Å². The monoisotopic (exact) mass is 709 g/mol. The molecule has 2 saturated heterocycles. The molecule has 266 valence electrons. The van der Waals surface area contributed by atoms with Crippen molar-refractivity contribution in [2.24, 2.45) is 17.1 Å². The second-order valence-corrected chi connectivity index (χ2v) is 16.3. The van der Waals surface area contributed by atoms with Crippen molar-refractivity contribution in [3.8, 4) is 17.1 Å². The van der Waals surface area contributed by atoms with E-state index in [-0.39, 0.29) is 38.1 Å². The molecule has 1 aromatic heterocycles. The van der Waals surface area contributed by atoms with Gasteiger partial charge in [0.15, 0.2) is 5.78 Å². The number of carbonyl (C=O) groups is 3. The molecule has 2 saturated carbocycles. The minimum Gasteiger partial charge on any atom is -0.471 e. The van der Waals surface area contributed by atoms with E-state index in [1.807, 2.05) is 48.5 Å². The Kier molecular flexibility index (Phi) is 9.12. The quantitative estimate of drug-likeness (QED) is 0.375. The number of ether oxygens (including phenoxy) is 1. The van der Waals surface area contributed by atoms with E-state index in [1.54, 1.807) is 6.07 Å². The molecular weight excluding hydrogens is 668 g/mol. The van der Waals surface area contributed by atoms with E-state index in [0.29, 0.717) is 42.4 Å². The van der Waals surface area contributed by atoms with Gasteiger partial charge in [-0.2, -0.15) is 0 Å². The number of nitrogens with zero attached hydrogens (tertiary/aromatic N) is 3. The summed E-state index contributed by atoms with van der Waals surface area (Å²) in [5, 5.41) is -0.708. The minimum absolute atomic E-state index is 0.00241. The lowest BCUT2D eigenvalue weighted by molar-refractivity contribution is -0.140. The molecule has 2 aliphatic carbocycles. The van der Waals surface area contributed by atoms with Crippen LogP contribution in [0.25, 0.3) is 22.3 Å². The van der Waals surface area contributed by atoms with E-state index in [9.17, 15) is 22.8 Å². The van der Waals surface area contributed by atoms with Crippen LogP contribution in [0.1, 0.15) is 70.6 Å². The average Bonchev–Trinajstić information content (AvgIpc) is 4.01. The molecule has 0 bridgehead atoms. The zero-order chi connectivity index (χ0) is 35.3. The number of nitrogens with two attached hydrogens (primary N) is 1. The van der Waals surface area contributed by atoms with Crippen molar-refractivity contribution >= 4 is 38.7 Å². The number of benzene rings is 2. The van der Waals surface area contributed by atoms with Crippen LogP contribution in [0.5, 0.6) is 5.88 Å². The Bertz CT molecular complexity index is 1910. The smallest absolute Gasteiger partial charge is 0.248 e. The van der Waals surface area contributed by atoms with Crippen LogP contribution in [-0.4, -0.2) is 76.8 Å². The molecule has 4 fully saturated rings. The van der Waals surface area contributed by atoms with E-state index in [0.717, 1.165) is 5.56 Å². The number of amides is 2. The molecule has 0 unspecified atom stereocenters. The summed E-state index contributed by atoms with van der Waals surface area (Å²) < 4.78 is 64.4. The van der Waals surface area contributed by atoms with Crippen molar-refractivity contribution < 1.29 is 36.3 Å². The Morgan fingerprint density at radius 3 is 2.36 bits per heavy atom. The first kappa shape index (κ1) is 34.4. The summed E-state index contributed by atoms with van der Waals surface area (Å²) >= 11 is 0. The lowest BCUT2D eigenvalue weighted by Gasteiger charge is -2.27. The highest BCUT2D eigenvalue weighted by Gasteiger charge is 2.64. The molecule has 2 aromatic carbocycles. The van der Waals surface area contributed by atoms with Crippen LogP contribution in [0.2, 0.25) is 0 Å². The standard InChI is InChI=1S/C36H41F2N5O6S/c37-36(38)16-8-2-5-11-26(39)33(45)43-21-24(49-32-31(22-9-3-1-4-10-22)40-27-12-6-7-13-28(27)41-32)17-29(43)30(44)20-35(18-23(35)19-36)34(46)42-50(47,48)25-14-15-25/h1,3-4,6-7,9-10,12-13,23-26,29H,2,5,8,11,14-21,39H2,(H,42,46)/t23-,24+,26-,29-,35+/m0/s1. The van der Waals surface area contributed by atoms with Gasteiger partial charge < -0.3 is 15.4 Å². The number of rotatable bonds is 6. The van der Waals surface area contributed by atoms with Gasteiger partial charge in [-0.05, 0) is 50.2 Å². The third-order valence-electron chi connectivity index (χ3n) is 10.6. The second kappa shape index (κ2) is 13.3. The summed E-state index contributed by atoms with van der Waals surface area (Å²) in [7, 11) is -3.99. The molecule has 11 nitrogen and oxygen atoms in total. The third kappa shape index (κ3) is 7.09. The molecule has 2 amide bonds. The molecular formula is C36H41F2N5O6S. The van der Waals surface area contributed by atoms with Gasteiger partial charge in [-0.25, -0.2) is 27.2 Å². The Hall–Kier alpha value is -4.04. The summed E-state index contributed by atoms with van der Waals surface area (Å²) in [6, 6.07) is 14.7. The number of para-hydroxylation sites is 2. The Balaban J connectivity index is 1.20. The molecule has 4 aliphatic rings. The first-order valence-electron chi connectivity index (χ1n) is 17.4. The Labute approximate surface area is 289 Å². The molecule has 50 heavy (non-hydrogen) atoms. The second-order valence-electron chi connectivity index (χ2n) is 14.4. The van der Waals surface area contributed by atoms with E-state index in [1.165, 1.54) is 4.90 Å². The van der Waals surface area contributed by atoms with E-state index in [2.05, 4.69) is 4.72 Å². The number of nitrogens with one attached hydrogen (secondary N) is 1. The van der Waals surface area contributed by atoms with Crippen LogP contribution in [0.4, 0.5) is 8.78 Å². The maximum Gasteiger partial charge on any atom is 0.248 e. The SMILES string of the molecule is N[C@H]1CCCCCC(F)(F)C[C@@H]2C[C@@]2(C(=O)NS(=O)(=O)C2CC2)CC(=O)[C@@H]2C[C@@H](Oc3nc4ccccc4nc3-c3ccccc3)CN2C1=O. The van der Waals surface area contributed by atoms with Gasteiger partial charge >= 0.3 is 0 Å². The van der Waals surface area contributed by atoms with Gasteiger partial charge in [0, 0.05) is 31.2 Å². The van der Waals surface area contributed by atoms with Crippen LogP contribution in [0.3, 0.4) is 0 Å². The van der Waals surface area contributed by atoms with Crippen molar-refractivity contribution in [1.29, 1.82) is 0 Å². The van der Waals surface area contributed by atoms with Crippen molar-refractivity contribution in [3.63, 3.8) is 0 Å². The number of Topliss-reactive ketones (excluding diaryl/α,β-unsaturated/α-hetero) is 1. The molecule has 0 radical (unpaired) electrons. The van der Waals surface area contributed by atoms with Crippen LogP contribution >= 0.6 is 0 Å². The third-order valence-corrected chi connectivity index (χ3v) is 12.4. The van der Waals surface area contributed by atoms with Crippen LogP contribution in [-0.2, 0) is 24.4 Å². The lowest BCUT2D eigenvalue weighted by Crippen LogP contribution is -2.49. The van der Waals surface area contributed by atoms with Crippen molar-refractivity contribution in [1.82, 2.24) is 19.6 Å². The number of halogens is 2. The molecule has 5 atom stereocenters. The summed E-state index contributed by atoms with van der Waals surface area (Å²) in [5.41, 5.74) is 7.21. The number of sulfonamides is 1. The summed E-state index contributed by atoms with van der Waals surface area (Å²) in [5.74, 6) is -5.69. The molecule has 0 spiro atoms. The normalized spacial score (nSPS) is 29.0. The van der Waals surface area contributed by atoms with E-state index < -0.39 is 87.6 Å². The van der Waals surface area contributed by atoms with Gasteiger partial charge in [0.05, 0.1) is 40.3 Å². The lowest BCUT2D eigenvalue weighted by atomic mass is 9.89. The van der Waals surface area contributed by atoms with Crippen LogP contribution in [0.15, 0.2) is 54.6 Å². The van der Waals surface area contributed by atoms with Gasteiger partial charge in [-0.15, -0.1) is 0 Å². The Morgan fingerprint density at radius 2 is 1.64 bits per heavy atom. The molecule has 3 heterocycles. The molecule has 7 rings (SSSR count). The zero-order valence-corrected chi connectivity index (χ0v) is 28.4. The molecule has 3 N–H and O–H groups in total. The van der Waals surface area contributed by atoms with Crippen molar-refractivity contribution in [3.05, 3.63) is 54.6 Å². The summed E-state index contributed by atoms with van der Waals surface area (Å²) in [6.45, 7) is 0.00241. The fraction of sp³-hybridized carbons (Fsp3) is 0.528. The number of hydrogen-bond acceptors (Lipinski definition) is 9. The largest absolute Gasteiger partial charge is 0.471 e. The first-order chi connectivity index (χ1) is 23.8. The number of alkyl halides is 2. The molecule has 2 aliphatic heterocycles. The maximum atomic E-state index is 15.2. The number of fused-ring (bicyclic) bond motifs is 3. The Morgan fingerprint density at radius 1 is 0.940 bits per heavy atom. The van der Waals surface area contributed by atoms with Gasteiger partial charge in [0.2, 0.25) is 33.6 Å². The van der Waals surface area contributed by atoms with Crippen molar-refractivity contribution in [2.45, 2.75) is 100.0 Å². The van der Waals surface area contributed by atoms with Crippen LogP contribution in [0, 0.1) is 11.3 Å². The number of ketones is 1. The number of aromatic nitrogens is 2. The molecule has 3 aromatic rings. The minimum atomic E-state index is -3.99. The zero-order valence-electron chi connectivity index (χ0n) is 27.6. The van der Waals surface area contributed by atoms with Gasteiger partial charge in [-0.1, -0.05) is 55.3 Å². The summed E-state index contributed by atoms with van der Waals surface area (Å²) in [6.07, 6.45) is -0.0726. The van der Waals surface area contributed by atoms with E-state index in [4.69, 9.17) is 20.4 Å². The highest BCUT2D eigenvalue weighted by Crippen LogP contribution is 2.60. The van der Waals surface area contributed by atoms with Crippen LogP contribution < -0.4 is 15.2 Å². The highest BCUT2D eigenvalue weighted by molar-refractivity contribution is 7.90. The topological polar surface area (TPSA) is 162 Å². The fourth-order valence-corrected chi connectivity index (χ4v) is 8.89. The van der Waals surface area contributed by atoms with Crippen molar-refractivity contribution in [2.75, 3.05) is 6.54 Å². The molecule has 14 heteroatoms. The number of hydrogen-bond donors (Lipinski definition) is 2. The van der Waals surface area contributed by atoms with Gasteiger partial charge in [0.25, 0.3) is 0 Å². The number of carbonyl (C=O) groups excluding carboxylic acids is 3. The highest BCUT2D eigenvalue weighted by atomic mass is 32.2. The summed E-state index contributed by atoms with van der Waals surface area (Å²) in [4.78, 5) is 52.6. The van der Waals surface area contributed by atoms with Gasteiger partial charge in [-0.3, -0.25) is 19.1 Å².